The Morgan fingerprint density at radius 2 is 1.81 bits per heavy atom. The van der Waals surface area contributed by atoms with E-state index in [-0.39, 0.29) is 11.5 Å². The molecule has 4 N–H and O–H groups in total. The second-order valence-corrected chi connectivity index (χ2v) is 5.54. The first-order valence-corrected chi connectivity index (χ1v) is 7.34. The van der Waals surface area contributed by atoms with E-state index < -0.39 is 22.1 Å². The lowest BCUT2D eigenvalue weighted by atomic mass is 10.1. The largest absolute Gasteiger partial charge is 0.394 e. The number of hydrogen-bond acceptors (Lipinski definition) is 5. The SMILES string of the molecule is CC(=O)Nc1cc2c(cc1Br)NC(=O)C2=O.O=S(=O)(O)O. The van der Waals surface area contributed by atoms with E-state index in [1.165, 1.54) is 13.0 Å². The van der Waals surface area contributed by atoms with Crippen molar-refractivity contribution >= 4 is 55.3 Å². The number of carbonyl (C=O) groups excluding carboxylic acids is 3. The van der Waals surface area contributed by atoms with Crippen molar-refractivity contribution in [3.63, 3.8) is 0 Å². The van der Waals surface area contributed by atoms with Gasteiger partial charge in [-0.2, -0.15) is 8.42 Å². The first kappa shape index (κ1) is 17.2. The molecule has 0 fully saturated rings. The number of rotatable bonds is 1. The van der Waals surface area contributed by atoms with Crippen molar-refractivity contribution in [1.82, 2.24) is 0 Å². The minimum absolute atomic E-state index is 0.245. The number of Topliss-reactive ketones (excluding diaryl/α,β-unsaturated/α-hetero) is 1. The lowest BCUT2D eigenvalue weighted by molar-refractivity contribution is -0.114. The maximum atomic E-state index is 11.4. The van der Waals surface area contributed by atoms with E-state index in [1.54, 1.807) is 6.07 Å². The number of anilines is 2. The maximum Gasteiger partial charge on any atom is 0.394 e. The summed E-state index contributed by atoms with van der Waals surface area (Å²) >= 11 is 3.24. The van der Waals surface area contributed by atoms with E-state index in [0.29, 0.717) is 15.8 Å². The molecule has 2 amide bonds. The molecule has 0 unspecified atom stereocenters. The van der Waals surface area contributed by atoms with Crippen LogP contribution in [0.5, 0.6) is 0 Å². The Labute approximate surface area is 127 Å². The molecule has 21 heavy (non-hydrogen) atoms. The average molecular weight is 381 g/mol. The number of carbonyl (C=O) groups is 3. The van der Waals surface area contributed by atoms with Crippen LogP contribution in [-0.4, -0.2) is 35.1 Å². The van der Waals surface area contributed by atoms with Crippen LogP contribution in [0.15, 0.2) is 16.6 Å². The van der Waals surface area contributed by atoms with Crippen LogP contribution in [0, 0.1) is 0 Å². The van der Waals surface area contributed by atoms with Crippen LogP contribution in [0.2, 0.25) is 0 Å². The van der Waals surface area contributed by atoms with E-state index in [4.69, 9.17) is 17.5 Å². The molecule has 0 radical (unpaired) electrons. The summed E-state index contributed by atoms with van der Waals surface area (Å²) < 4.78 is 32.2. The summed E-state index contributed by atoms with van der Waals surface area (Å²) in [7, 11) is -4.67. The van der Waals surface area contributed by atoms with Gasteiger partial charge in [-0.3, -0.25) is 23.5 Å². The number of benzene rings is 1. The second kappa shape index (κ2) is 6.30. The predicted molar refractivity (Wildman–Crippen MR) is 75.6 cm³/mol. The predicted octanol–water partition coefficient (Wildman–Crippen LogP) is 0.889. The van der Waals surface area contributed by atoms with Crippen LogP contribution in [0.4, 0.5) is 11.4 Å². The van der Waals surface area contributed by atoms with Gasteiger partial charge in [0.05, 0.1) is 16.9 Å². The number of halogens is 1. The van der Waals surface area contributed by atoms with Gasteiger partial charge in [-0.05, 0) is 28.1 Å². The number of amides is 2. The Bertz CT molecular complexity index is 721. The molecule has 2 rings (SSSR count). The van der Waals surface area contributed by atoms with E-state index in [9.17, 15) is 14.4 Å². The molecule has 0 saturated heterocycles. The van der Waals surface area contributed by atoms with Gasteiger partial charge in [0.15, 0.2) is 0 Å². The van der Waals surface area contributed by atoms with Crippen molar-refractivity contribution in [3.05, 3.63) is 22.2 Å². The normalized spacial score (nSPS) is 13.0. The van der Waals surface area contributed by atoms with Crippen LogP contribution in [0.3, 0.4) is 0 Å². The topological polar surface area (TPSA) is 150 Å². The summed E-state index contributed by atoms with van der Waals surface area (Å²) in [5.41, 5.74) is 1.20. The van der Waals surface area contributed by atoms with E-state index >= 15 is 0 Å². The zero-order chi connectivity index (χ0) is 16.4. The molecule has 114 valence electrons. The summed E-state index contributed by atoms with van der Waals surface area (Å²) in [6.07, 6.45) is 0. The summed E-state index contributed by atoms with van der Waals surface area (Å²) in [5.74, 6) is -1.48. The first-order chi connectivity index (χ1) is 9.49. The molecule has 11 heteroatoms. The number of hydrogen-bond donors (Lipinski definition) is 4. The van der Waals surface area contributed by atoms with Crippen molar-refractivity contribution in [2.24, 2.45) is 0 Å². The third-order valence-corrected chi connectivity index (χ3v) is 2.77. The summed E-state index contributed by atoms with van der Waals surface area (Å²) in [4.78, 5) is 33.4. The first-order valence-electron chi connectivity index (χ1n) is 5.15. The number of nitrogens with one attached hydrogen (secondary N) is 2. The smallest absolute Gasteiger partial charge is 0.325 e. The zero-order valence-corrected chi connectivity index (χ0v) is 12.8. The van der Waals surface area contributed by atoms with Crippen molar-refractivity contribution < 1.29 is 31.9 Å². The highest BCUT2D eigenvalue weighted by Gasteiger charge is 2.29. The highest BCUT2D eigenvalue weighted by molar-refractivity contribution is 9.10. The minimum Gasteiger partial charge on any atom is -0.325 e. The Morgan fingerprint density at radius 1 is 1.29 bits per heavy atom. The summed E-state index contributed by atoms with van der Waals surface area (Å²) in [6.45, 7) is 1.37. The molecule has 1 aliphatic rings. The molecule has 0 bridgehead atoms. The minimum atomic E-state index is -4.67. The van der Waals surface area contributed by atoms with Gasteiger partial charge in [0.2, 0.25) is 5.91 Å². The van der Waals surface area contributed by atoms with Crippen LogP contribution in [-0.2, 0) is 20.0 Å². The fourth-order valence-electron chi connectivity index (χ4n) is 1.45. The second-order valence-electron chi connectivity index (χ2n) is 3.79. The Balaban J connectivity index is 0.000000383. The molecule has 0 spiro atoms. The molecule has 0 saturated carbocycles. The molecule has 0 aromatic heterocycles. The number of fused-ring (bicyclic) bond motifs is 1. The standard InChI is InChI=1S/C10H7BrN2O3.H2O4S/c1-4(14)12-8-2-5-7(3-6(8)11)13-10(16)9(5)15;1-5(2,3)4/h2-3H,1H3,(H,12,14)(H,13,15,16);(H2,1,2,3,4). The fourth-order valence-corrected chi connectivity index (χ4v) is 1.89. The van der Waals surface area contributed by atoms with Crippen molar-refractivity contribution in [2.75, 3.05) is 10.6 Å². The fraction of sp³-hybridized carbons (Fsp3) is 0.100. The summed E-state index contributed by atoms with van der Waals surface area (Å²) in [5, 5.41) is 5.00. The maximum absolute atomic E-state index is 11.4. The Morgan fingerprint density at radius 3 is 2.29 bits per heavy atom. The lowest BCUT2D eigenvalue weighted by Gasteiger charge is -2.06. The average Bonchev–Trinajstić information content (AvgIpc) is 2.53. The van der Waals surface area contributed by atoms with Gasteiger partial charge in [0.1, 0.15) is 0 Å². The molecule has 1 heterocycles. The zero-order valence-electron chi connectivity index (χ0n) is 10.4. The quantitative estimate of drug-likeness (QED) is 0.417. The van der Waals surface area contributed by atoms with Gasteiger partial charge in [0.25, 0.3) is 11.7 Å². The third kappa shape index (κ3) is 5.23. The lowest BCUT2D eigenvalue weighted by Crippen LogP contribution is -2.12. The Kier molecular flexibility index (Phi) is 5.17. The van der Waals surface area contributed by atoms with E-state index in [0.717, 1.165) is 0 Å². The van der Waals surface area contributed by atoms with E-state index in [1.807, 2.05) is 0 Å². The van der Waals surface area contributed by atoms with Gasteiger partial charge in [-0.25, -0.2) is 0 Å². The highest BCUT2D eigenvalue weighted by Crippen LogP contribution is 2.32. The molecule has 0 aliphatic carbocycles. The van der Waals surface area contributed by atoms with Crippen LogP contribution in [0.1, 0.15) is 17.3 Å². The van der Waals surface area contributed by atoms with Gasteiger partial charge < -0.3 is 10.6 Å². The van der Waals surface area contributed by atoms with Crippen molar-refractivity contribution in [2.45, 2.75) is 6.92 Å². The summed E-state index contributed by atoms with van der Waals surface area (Å²) in [6, 6.07) is 3.06. The van der Waals surface area contributed by atoms with Crippen LogP contribution in [0.25, 0.3) is 0 Å². The van der Waals surface area contributed by atoms with E-state index in [2.05, 4.69) is 26.6 Å². The molecule has 0 atom stereocenters. The van der Waals surface area contributed by atoms with Crippen molar-refractivity contribution in [1.29, 1.82) is 0 Å². The molecule has 1 aromatic rings. The van der Waals surface area contributed by atoms with Gasteiger partial charge in [-0.1, -0.05) is 0 Å². The van der Waals surface area contributed by atoms with Crippen molar-refractivity contribution in [3.8, 4) is 0 Å². The molecule has 1 aromatic carbocycles. The van der Waals surface area contributed by atoms with Crippen LogP contribution >= 0.6 is 15.9 Å². The highest BCUT2D eigenvalue weighted by atomic mass is 79.9. The van der Waals surface area contributed by atoms with Gasteiger partial charge in [-0.15, -0.1) is 0 Å². The molecule has 1 aliphatic heterocycles. The monoisotopic (exact) mass is 380 g/mol. The van der Waals surface area contributed by atoms with Gasteiger partial charge in [0, 0.05) is 11.4 Å². The molecule has 9 nitrogen and oxygen atoms in total. The van der Waals surface area contributed by atoms with Gasteiger partial charge >= 0.3 is 10.4 Å². The third-order valence-electron chi connectivity index (χ3n) is 2.12. The molecular formula is C10H9BrN2O7S. The van der Waals surface area contributed by atoms with Crippen LogP contribution < -0.4 is 10.6 Å². The number of ketones is 1. The Hall–Kier alpha value is -1.82. The molecular weight excluding hydrogens is 372 g/mol.